The zero-order chi connectivity index (χ0) is 43.8. The molecule has 2 saturated heterocycles. The lowest BCUT2D eigenvalue weighted by atomic mass is 9.72. The van der Waals surface area contributed by atoms with Gasteiger partial charge in [-0.05, 0) is 115 Å². The predicted molar refractivity (Wildman–Crippen MR) is 246 cm³/mol. The summed E-state index contributed by atoms with van der Waals surface area (Å²) in [6, 6.07) is 21.8. The quantitative estimate of drug-likeness (QED) is 0.106. The van der Waals surface area contributed by atoms with Crippen molar-refractivity contribution in [3.8, 4) is 11.5 Å². The number of nitrogens with one attached hydrogen (secondary N) is 3. The van der Waals surface area contributed by atoms with E-state index < -0.39 is 26.0 Å². The molecular formula is C46H54ClN7O6S2. The third-order valence-electron chi connectivity index (χ3n) is 12.4. The Hall–Kier alpha value is -4.93. The minimum atomic E-state index is -4.29. The fourth-order valence-electron chi connectivity index (χ4n) is 8.74. The number of H-pyrrole nitrogens is 1. The number of ether oxygens (including phenoxy) is 1. The fraction of sp³-hybridized carbons (Fsp3) is 0.391. The number of carbonyl (C=O) groups excluding carboxylic acids is 1. The largest absolute Gasteiger partial charge is 0.455 e. The Morgan fingerprint density at radius 2 is 1.74 bits per heavy atom. The third-order valence-corrected chi connectivity index (χ3v) is 15.2. The van der Waals surface area contributed by atoms with Crippen LogP contribution in [0.2, 0.25) is 5.02 Å². The number of hydrogen-bond acceptors (Lipinski definition) is 10. The SMILES string of the molecule is Cc1cc(S(=O)(=O)NC(=O)c2ccc(N3CCN(CC4=C(c5ccc(Cl)cc5)CC(C)(C)CC4)CC3)cc2Oc2cnc3[nH]ccc3c2)ccc1NCC1CCN(S(C)(=O)=O)C1. The van der Waals surface area contributed by atoms with Crippen LogP contribution in [0.5, 0.6) is 11.5 Å². The second kappa shape index (κ2) is 17.7. The number of allylic oxidation sites excluding steroid dienone is 1. The molecule has 3 aromatic carbocycles. The second-order valence-electron chi connectivity index (χ2n) is 17.6. The molecule has 2 aliphatic heterocycles. The summed E-state index contributed by atoms with van der Waals surface area (Å²) in [5.41, 5.74) is 7.39. The van der Waals surface area contributed by atoms with Crippen molar-refractivity contribution < 1.29 is 26.4 Å². The molecule has 0 radical (unpaired) electrons. The van der Waals surface area contributed by atoms with Gasteiger partial charge in [0.1, 0.15) is 17.1 Å². The Balaban J connectivity index is 0.972. The molecule has 1 amide bonds. The van der Waals surface area contributed by atoms with Crippen molar-refractivity contribution in [3.63, 3.8) is 0 Å². The van der Waals surface area contributed by atoms with Crippen LogP contribution in [-0.2, 0) is 20.0 Å². The zero-order valence-electron chi connectivity index (χ0n) is 35.6. The minimum Gasteiger partial charge on any atom is -0.455 e. The molecule has 3 N–H and O–H groups in total. The number of aryl methyl sites for hydroxylation is 1. The summed E-state index contributed by atoms with van der Waals surface area (Å²) < 4.78 is 61.4. The van der Waals surface area contributed by atoms with Gasteiger partial charge in [0, 0.05) is 86.4 Å². The molecule has 5 aromatic rings. The summed E-state index contributed by atoms with van der Waals surface area (Å²) in [5, 5.41) is 4.90. The van der Waals surface area contributed by atoms with E-state index >= 15 is 0 Å². The van der Waals surface area contributed by atoms with Crippen molar-refractivity contribution in [2.45, 2.75) is 51.3 Å². The lowest BCUT2D eigenvalue weighted by Crippen LogP contribution is -2.47. The molecule has 328 valence electrons. The average molecular weight is 901 g/mol. The van der Waals surface area contributed by atoms with Crippen LogP contribution >= 0.6 is 11.6 Å². The van der Waals surface area contributed by atoms with Crippen LogP contribution in [0.4, 0.5) is 11.4 Å². The van der Waals surface area contributed by atoms with Gasteiger partial charge in [-0.15, -0.1) is 0 Å². The number of rotatable bonds is 13. The molecule has 2 aromatic heterocycles. The van der Waals surface area contributed by atoms with E-state index in [1.165, 1.54) is 39.4 Å². The van der Waals surface area contributed by atoms with E-state index in [0.29, 0.717) is 36.6 Å². The number of hydrogen-bond donors (Lipinski definition) is 3. The molecule has 16 heteroatoms. The maximum Gasteiger partial charge on any atom is 0.268 e. The fourth-order valence-corrected chi connectivity index (χ4v) is 10.8. The number of amides is 1. The molecule has 1 aliphatic carbocycles. The van der Waals surface area contributed by atoms with Gasteiger partial charge in [0.25, 0.3) is 15.9 Å². The van der Waals surface area contributed by atoms with Crippen molar-refractivity contribution >= 4 is 65.5 Å². The summed E-state index contributed by atoms with van der Waals surface area (Å²) >= 11 is 6.25. The number of benzene rings is 3. The van der Waals surface area contributed by atoms with Gasteiger partial charge in [-0.2, -0.15) is 0 Å². The van der Waals surface area contributed by atoms with Crippen molar-refractivity contribution in [2.75, 3.05) is 68.8 Å². The number of sulfonamides is 2. The molecule has 3 aliphatic rings. The van der Waals surface area contributed by atoms with Gasteiger partial charge in [0.05, 0.1) is 22.9 Å². The number of fused-ring (bicyclic) bond motifs is 1. The van der Waals surface area contributed by atoms with E-state index in [1.54, 1.807) is 37.5 Å². The van der Waals surface area contributed by atoms with Crippen molar-refractivity contribution in [1.82, 2.24) is 23.9 Å². The molecule has 0 bridgehead atoms. The molecular weight excluding hydrogens is 846 g/mol. The predicted octanol–water partition coefficient (Wildman–Crippen LogP) is 7.92. The van der Waals surface area contributed by atoms with Crippen molar-refractivity contribution in [1.29, 1.82) is 0 Å². The maximum absolute atomic E-state index is 13.9. The summed E-state index contributed by atoms with van der Waals surface area (Å²) in [5.74, 6) is -0.0957. The third kappa shape index (κ3) is 10.1. The van der Waals surface area contributed by atoms with Crippen LogP contribution < -0.4 is 19.7 Å². The first-order chi connectivity index (χ1) is 29.5. The van der Waals surface area contributed by atoms with Crippen molar-refractivity contribution in [2.24, 2.45) is 11.3 Å². The summed E-state index contributed by atoms with van der Waals surface area (Å²) in [6.07, 6.45) is 8.54. The number of aromatic nitrogens is 2. The number of anilines is 2. The standard InChI is InChI=1S/C46H54ClN7O6S2/c1-31-23-39(10-12-42(31)49-27-32-15-18-54(29-32)61(4,56)57)62(58,59)51-45(55)40-11-9-37(25-43(40)60-38-24-34-14-17-48-44(34)50-28-38)53-21-19-52(20-22-53)30-35-13-16-46(2,3)26-41(35)33-5-7-36(47)8-6-33/h5-12,14,17,23-25,28,32,49H,13,15-16,18-22,26-27,29-30H2,1-4H3,(H,48,50)(H,51,55). The molecule has 1 unspecified atom stereocenters. The number of carbonyl (C=O) groups is 1. The van der Waals surface area contributed by atoms with Gasteiger partial charge in [0.2, 0.25) is 10.0 Å². The molecule has 2 fully saturated rings. The van der Waals surface area contributed by atoms with Crippen molar-refractivity contribution in [3.05, 3.63) is 112 Å². The van der Waals surface area contributed by atoms with E-state index in [4.69, 9.17) is 16.3 Å². The van der Waals surface area contributed by atoms with Crippen LogP contribution in [0, 0.1) is 18.3 Å². The summed E-state index contributed by atoms with van der Waals surface area (Å²) in [6.45, 7) is 12.1. The number of pyridine rings is 1. The van der Waals surface area contributed by atoms with Crippen LogP contribution in [0.1, 0.15) is 61.0 Å². The van der Waals surface area contributed by atoms with Gasteiger partial charge in [-0.3, -0.25) is 9.69 Å². The summed E-state index contributed by atoms with van der Waals surface area (Å²) in [7, 11) is -7.53. The molecule has 1 atom stereocenters. The first-order valence-electron chi connectivity index (χ1n) is 21.1. The van der Waals surface area contributed by atoms with Crippen LogP contribution in [-0.4, -0.2) is 101 Å². The highest BCUT2D eigenvalue weighted by Gasteiger charge is 2.31. The Labute approximate surface area is 369 Å². The average Bonchev–Trinajstić information content (AvgIpc) is 3.92. The number of nitrogens with zero attached hydrogens (tertiary/aromatic N) is 4. The van der Waals surface area contributed by atoms with Gasteiger partial charge in [-0.1, -0.05) is 43.2 Å². The van der Waals surface area contributed by atoms with Gasteiger partial charge in [-0.25, -0.2) is 30.8 Å². The smallest absolute Gasteiger partial charge is 0.268 e. The monoisotopic (exact) mass is 899 g/mol. The Kier molecular flexibility index (Phi) is 12.5. The van der Waals surface area contributed by atoms with E-state index in [1.807, 2.05) is 30.3 Å². The zero-order valence-corrected chi connectivity index (χ0v) is 38.0. The van der Waals surface area contributed by atoms with Gasteiger partial charge in [0.15, 0.2) is 0 Å². The molecule has 13 nitrogen and oxygen atoms in total. The number of aromatic amines is 1. The maximum atomic E-state index is 13.9. The Morgan fingerprint density at radius 3 is 2.47 bits per heavy atom. The second-order valence-corrected chi connectivity index (χ2v) is 21.7. The molecule has 62 heavy (non-hydrogen) atoms. The first-order valence-corrected chi connectivity index (χ1v) is 24.8. The first kappa shape index (κ1) is 43.7. The number of halogens is 1. The van der Waals surface area contributed by atoms with Gasteiger partial charge >= 0.3 is 0 Å². The van der Waals surface area contributed by atoms with E-state index in [0.717, 1.165) is 80.2 Å². The molecule has 0 spiro atoms. The van der Waals surface area contributed by atoms with Gasteiger partial charge < -0.3 is 19.9 Å². The molecule has 0 saturated carbocycles. The lowest BCUT2D eigenvalue weighted by molar-refractivity contribution is 0.0979. The van der Waals surface area contributed by atoms with Crippen LogP contribution in [0.25, 0.3) is 16.6 Å². The highest BCUT2D eigenvalue weighted by Crippen LogP contribution is 2.43. The van der Waals surface area contributed by atoms with E-state index in [-0.39, 0.29) is 27.5 Å². The molecule has 4 heterocycles. The topological polar surface area (TPSA) is 157 Å². The van der Waals surface area contributed by atoms with E-state index in [9.17, 15) is 21.6 Å². The Morgan fingerprint density at radius 1 is 0.968 bits per heavy atom. The normalized spacial score (nSPS) is 18.9. The lowest BCUT2D eigenvalue weighted by Gasteiger charge is -2.39. The highest BCUT2D eigenvalue weighted by molar-refractivity contribution is 7.90. The molecule has 8 rings (SSSR count). The minimum absolute atomic E-state index is 0.0572. The van der Waals surface area contributed by atoms with Crippen LogP contribution in [0.3, 0.4) is 0 Å². The summed E-state index contributed by atoms with van der Waals surface area (Å²) in [4.78, 5) is 26.2. The number of piperazine rings is 1. The van der Waals surface area contributed by atoms with Crippen LogP contribution in [0.15, 0.2) is 95.7 Å². The Bertz CT molecular complexity index is 2730. The van der Waals surface area contributed by atoms with E-state index in [2.05, 4.69) is 55.8 Å². The highest BCUT2D eigenvalue weighted by atomic mass is 35.5.